The van der Waals surface area contributed by atoms with Gasteiger partial charge in [-0.3, -0.25) is 9.59 Å². The molecule has 0 aliphatic carbocycles. The number of hydrogen-bond donors (Lipinski definition) is 1. The van der Waals surface area contributed by atoms with Crippen molar-refractivity contribution < 1.29 is 9.59 Å². The van der Waals surface area contributed by atoms with Crippen molar-refractivity contribution >= 4 is 28.2 Å². The van der Waals surface area contributed by atoms with Crippen LogP contribution in [-0.4, -0.2) is 30.6 Å². The van der Waals surface area contributed by atoms with E-state index < -0.39 is 0 Å². The Labute approximate surface area is 106 Å². The van der Waals surface area contributed by atoms with Gasteiger partial charge in [-0.2, -0.15) is 0 Å². The van der Waals surface area contributed by atoms with Crippen LogP contribution in [0.15, 0.2) is 18.2 Å². The molecule has 4 nitrogen and oxygen atoms in total. The topological polar surface area (TPSA) is 53.2 Å². The van der Waals surface area contributed by atoms with Crippen LogP contribution in [0.1, 0.15) is 34.7 Å². The molecule has 0 atom stereocenters. The number of benzene rings is 1. The van der Waals surface area contributed by atoms with Gasteiger partial charge in [0.1, 0.15) is 0 Å². The maximum atomic E-state index is 11.7. The number of anilines is 1. The lowest BCUT2D eigenvalue weighted by atomic mass is 10.1. The highest BCUT2D eigenvalue weighted by atomic mass is 16.1. The smallest absolute Gasteiger partial charge is 0.176 e. The fourth-order valence-corrected chi connectivity index (χ4v) is 2.09. The van der Waals surface area contributed by atoms with E-state index in [9.17, 15) is 9.59 Å². The van der Waals surface area contributed by atoms with Crippen molar-refractivity contribution in [1.29, 1.82) is 0 Å². The number of aromatic nitrogens is 1. The lowest BCUT2D eigenvalue weighted by Gasteiger charge is -2.11. The van der Waals surface area contributed by atoms with E-state index in [1.54, 1.807) is 0 Å². The van der Waals surface area contributed by atoms with Crippen molar-refractivity contribution in [3.8, 4) is 0 Å². The Balaban J connectivity index is 2.76. The van der Waals surface area contributed by atoms with Gasteiger partial charge >= 0.3 is 0 Å². The van der Waals surface area contributed by atoms with E-state index in [2.05, 4.69) is 4.98 Å². The molecular weight excluding hydrogens is 228 g/mol. The summed E-state index contributed by atoms with van der Waals surface area (Å²) in [6, 6.07) is 5.76. The summed E-state index contributed by atoms with van der Waals surface area (Å²) in [5.41, 5.74) is 2.72. The number of Topliss-reactive ketones (excluding diaryl/α,β-unsaturated/α-hetero) is 2. The molecule has 94 valence electrons. The SMILES string of the molecule is CC(=O)c1[nH]c2cc(N(C)C)ccc2c1C(C)=O. The van der Waals surface area contributed by atoms with Gasteiger partial charge in [-0.1, -0.05) is 6.07 Å². The zero-order valence-corrected chi connectivity index (χ0v) is 11.0. The largest absolute Gasteiger partial charge is 0.378 e. The van der Waals surface area contributed by atoms with Crippen LogP contribution in [0.25, 0.3) is 10.9 Å². The summed E-state index contributed by atoms with van der Waals surface area (Å²) < 4.78 is 0. The third-order valence-electron chi connectivity index (χ3n) is 3.00. The van der Waals surface area contributed by atoms with Crippen LogP contribution in [0.5, 0.6) is 0 Å². The van der Waals surface area contributed by atoms with Crippen LogP contribution < -0.4 is 4.90 Å². The Morgan fingerprint density at radius 1 is 1.11 bits per heavy atom. The molecule has 0 bridgehead atoms. The molecule has 0 aliphatic heterocycles. The molecule has 0 saturated heterocycles. The molecule has 0 unspecified atom stereocenters. The van der Waals surface area contributed by atoms with Crippen molar-refractivity contribution in [3.05, 3.63) is 29.5 Å². The lowest BCUT2D eigenvalue weighted by molar-refractivity contribution is 0.0979. The summed E-state index contributed by atoms with van der Waals surface area (Å²) in [5.74, 6) is -0.216. The standard InChI is InChI=1S/C14H16N2O2/c1-8(17)13-11-6-5-10(16(3)4)7-12(11)15-14(13)9(2)18/h5-7,15H,1-4H3. The molecule has 18 heavy (non-hydrogen) atoms. The second kappa shape index (κ2) is 4.29. The Morgan fingerprint density at radius 3 is 2.28 bits per heavy atom. The molecule has 0 fully saturated rings. The molecule has 1 N–H and O–H groups in total. The van der Waals surface area contributed by atoms with Gasteiger partial charge in [0.25, 0.3) is 0 Å². The summed E-state index contributed by atoms with van der Waals surface area (Å²) >= 11 is 0. The van der Waals surface area contributed by atoms with Crippen molar-refractivity contribution in [2.45, 2.75) is 13.8 Å². The van der Waals surface area contributed by atoms with E-state index in [1.807, 2.05) is 37.2 Å². The number of carbonyl (C=O) groups excluding carboxylic acids is 2. The monoisotopic (exact) mass is 244 g/mol. The highest BCUT2D eigenvalue weighted by Crippen LogP contribution is 2.27. The number of hydrogen-bond acceptors (Lipinski definition) is 3. The molecule has 0 saturated carbocycles. The minimum absolute atomic E-state index is 0.0935. The third kappa shape index (κ3) is 1.90. The van der Waals surface area contributed by atoms with Crippen LogP contribution in [0, 0.1) is 0 Å². The van der Waals surface area contributed by atoms with E-state index in [4.69, 9.17) is 0 Å². The fourth-order valence-electron chi connectivity index (χ4n) is 2.09. The maximum Gasteiger partial charge on any atom is 0.176 e. The van der Waals surface area contributed by atoms with Gasteiger partial charge in [-0.05, 0) is 19.1 Å². The first-order chi connectivity index (χ1) is 8.41. The van der Waals surface area contributed by atoms with E-state index in [-0.39, 0.29) is 11.6 Å². The number of ketones is 2. The second-order valence-electron chi connectivity index (χ2n) is 4.61. The second-order valence-corrected chi connectivity index (χ2v) is 4.61. The van der Waals surface area contributed by atoms with Gasteiger partial charge in [0.05, 0.1) is 11.3 Å². The van der Waals surface area contributed by atoms with Gasteiger partial charge in [0, 0.05) is 37.6 Å². The Hall–Kier alpha value is -2.10. The van der Waals surface area contributed by atoms with Crippen molar-refractivity contribution in [2.75, 3.05) is 19.0 Å². The minimum atomic E-state index is -0.122. The van der Waals surface area contributed by atoms with Crippen LogP contribution in [0.4, 0.5) is 5.69 Å². The molecular formula is C14H16N2O2. The Kier molecular flexibility index (Phi) is 2.95. The molecule has 2 rings (SSSR count). The Bertz CT molecular complexity index is 639. The molecule has 0 spiro atoms. The van der Waals surface area contributed by atoms with Crippen LogP contribution >= 0.6 is 0 Å². The van der Waals surface area contributed by atoms with Crippen molar-refractivity contribution in [1.82, 2.24) is 4.98 Å². The summed E-state index contributed by atoms with van der Waals surface area (Å²) in [4.78, 5) is 28.3. The summed E-state index contributed by atoms with van der Waals surface area (Å²) in [6.45, 7) is 2.94. The van der Waals surface area contributed by atoms with Gasteiger partial charge in [-0.25, -0.2) is 0 Å². The first-order valence-corrected chi connectivity index (χ1v) is 5.76. The highest BCUT2D eigenvalue weighted by molar-refractivity contribution is 6.15. The Morgan fingerprint density at radius 2 is 1.78 bits per heavy atom. The van der Waals surface area contributed by atoms with Gasteiger partial charge < -0.3 is 9.88 Å². The molecule has 1 aromatic carbocycles. The molecule has 1 heterocycles. The molecule has 1 aromatic heterocycles. The molecule has 4 heteroatoms. The number of nitrogens with one attached hydrogen (secondary N) is 1. The van der Waals surface area contributed by atoms with Gasteiger partial charge in [-0.15, -0.1) is 0 Å². The van der Waals surface area contributed by atoms with E-state index in [0.29, 0.717) is 11.3 Å². The summed E-state index contributed by atoms with van der Waals surface area (Å²) in [5, 5.41) is 0.804. The maximum absolute atomic E-state index is 11.7. The highest BCUT2D eigenvalue weighted by Gasteiger charge is 2.18. The number of aromatic amines is 1. The predicted octanol–water partition coefficient (Wildman–Crippen LogP) is 2.64. The third-order valence-corrected chi connectivity index (χ3v) is 3.00. The number of H-pyrrole nitrogens is 1. The molecule has 0 radical (unpaired) electrons. The van der Waals surface area contributed by atoms with E-state index in [1.165, 1.54) is 13.8 Å². The number of fused-ring (bicyclic) bond motifs is 1. The summed E-state index contributed by atoms with van der Waals surface area (Å²) in [6.07, 6.45) is 0. The van der Waals surface area contributed by atoms with Crippen LogP contribution in [0.2, 0.25) is 0 Å². The first-order valence-electron chi connectivity index (χ1n) is 5.76. The van der Waals surface area contributed by atoms with E-state index in [0.717, 1.165) is 16.6 Å². The molecule has 2 aromatic rings. The molecule has 0 amide bonds. The van der Waals surface area contributed by atoms with Crippen LogP contribution in [0.3, 0.4) is 0 Å². The normalized spacial score (nSPS) is 10.7. The first kappa shape index (κ1) is 12.4. The zero-order chi connectivity index (χ0) is 13.4. The predicted molar refractivity (Wildman–Crippen MR) is 72.6 cm³/mol. The van der Waals surface area contributed by atoms with Gasteiger partial charge in [0.2, 0.25) is 0 Å². The molecule has 0 aliphatic rings. The number of nitrogens with zero attached hydrogens (tertiary/aromatic N) is 1. The average molecular weight is 244 g/mol. The minimum Gasteiger partial charge on any atom is -0.378 e. The quantitative estimate of drug-likeness (QED) is 0.844. The van der Waals surface area contributed by atoms with E-state index >= 15 is 0 Å². The van der Waals surface area contributed by atoms with Crippen LogP contribution in [-0.2, 0) is 0 Å². The zero-order valence-electron chi connectivity index (χ0n) is 11.0. The lowest BCUT2D eigenvalue weighted by Crippen LogP contribution is -2.08. The number of rotatable bonds is 3. The summed E-state index contributed by atoms with van der Waals surface area (Å²) in [7, 11) is 3.89. The van der Waals surface area contributed by atoms with Crippen molar-refractivity contribution in [3.63, 3.8) is 0 Å². The fraction of sp³-hybridized carbons (Fsp3) is 0.286. The van der Waals surface area contributed by atoms with Gasteiger partial charge in [0.15, 0.2) is 11.6 Å². The average Bonchev–Trinajstić information content (AvgIpc) is 2.66. The number of carbonyl (C=O) groups is 2. The van der Waals surface area contributed by atoms with Crippen molar-refractivity contribution in [2.24, 2.45) is 0 Å².